The van der Waals surface area contributed by atoms with E-state index in [4.69, 9.17) is 0 Å². The zero-order valence-electron chi connectivity index (χ0n) is 12.8. The van der Waals surface area contributed by atoms with E-state index in [1.54, 1.807) is 55.5 Å². The molecule has 2 aromatic rings. The number of rotatable bonds is 6. The topological polar surface area (TPSA) is 75.3 Å². The minimum absolute atomic E-state index is 0.124. The van der Waals surface area contributed by atoms with Crippen molar-refractivity contribution in [2.75, 3.05) is 13.1 Å². The van der Waals surface area contributed by atoms with Gasteiger partial charge < -0.3 is 10.6 Å². The first kappa shape index (κ1) is 16.4. The fourth-order valence-electron chi connectivity index (χ4n) is 2.14. The summed E-state index contributed by atoms with van der Waals surface area (Å²) in [5, 5.41) is 5.12. The van der Waals surface area contributed by atoms with Crippen LogP contribution in [0.5, 0.6) is 0 Å². The van der Waals surface area contributed by atoms with Crippen LogP contribution in [0.1, 0.15) is 33.2 Å². The molecule has 2 amide bonds. The Hall–Kier alpha value is -2.95. The molecule has 0 atom stereocenters. The molecule has 0 saturated heterocycles. The molecule has 0 unspecified atom stereocenters. The van der Waals surface area contributed by atoms with Gasteiger partial charge in [-0.25, -0.2) is 0 Å². The van der Waals surface area contributed by atoms with Crippen LogP contribution >= 0.6 is 0 Å². The second-order valence-electron chi connectivity index (χ2n) is 4.88. The number of benzene rings is 2. The molecular formula is C18H18N2O3. The summed E-state index contributed by atoms with van der Waals surface area (Å²) in [6.07, 6.45) is 0. The molecule has 0 heterocycles. The molecule has 0 bridgehead atoms. The van der Waals surface area contributed by atoms with Crippen molar-refractivity contribution in [3.8, 4) is 0 Å². The Labute approximate surface area is 134 Å². The van der Waals surface area contributed by atoms with Crippen LogP contribution in [0.3, 0.4) is 0 Å². The Morgan fingerprint density at radius 3 is 2.09 bits per heavy atom. The predicted octanol–water partition coefficient (Wildman–Crippen LogP) is 1.78. The Morgan fingerprint density at radius 2 is 1.43 bits per heavy atom. The number of hydrogen-bond donors (Lipinski definition) is 2. The molecule has 5 nitrogen and oxygen atoms in total. The average Bonchev–Trinajstić information content (AvgIpc) is 2.60. The molecule has 2 N–H and O–H groups in total. The van der Waals surface area contributed by atoms with Gasteiger partial charge in [0.05, 0.1) is 12.1 Å². The van der Waals surface area contributed by atoms with Gasteiger partial charge in [-0.1, -0.05) is 48.5 Å². The van der Waals surface area contributed by atoms with Crippen LogP contribution in [0.15, 0.2) is 54.6 Å². The van der Waals surface area contributed by atoms with E-state index in [9.17, 15) is 14.4 Å². The largest absolute Gasteiger partial charge is 0.355 e. The molecule has 23 heavy (non-hydrogen) atoms. The van der Waals surface area contributed by atoms with Crippen molar-refractivity contribution in [1.82, 2.24) is 10.6 Å². The normalized spacial score (nSPS) is 9.96. The number of carbonyl (C=O) groups is 3. The van der Waals surface area contributed by atoms with Gasteiger partial charge in [-0.2, -0.15) is 0 Å². The zero-order valence-corrected chi connectivity index (χ0v) is 12.8. The lowest BCUT2D eigenvalue weighted by Gasteiger charge is -2.09. The van der Waals surface area contributed by atoms with E-state index in [0.717, 1.165) is 0 Å². The maximum atomic E-state index is 12.6. The summed E-state index contributed by atoms with van der Waals surface area (Å²) in [7, 11) is 0. The van der Waals surface area contributed by atoms with Crippen LogP contribution in [0.2, 0.25) is 0 Å². The molecule has 0 aliphatic rings. The Kier molecular flexibility index (Phi) is 5.63. The lowest BCUT2D eigenvalue weighted by molar-refractivity contribution is -0.120. The van der Waals surface area contributed by atoms with Gasteiger partial charge >= 0.3 is 0 Å². The van der Waals surface area contributed by atoms with Crippen LogP contribution < -0.4 is 10.6 Å². The lowest BCUT2D eigenvalue weighted by Crippen LogP contribution is -2.37. The highest BCUT2D eigenvalue weighted by Crippen LogP contribution is 2.14. The Morgan fingerprint density at radius 1 is 0.826 bits per heavy atom. The van der Waals surface area contributed by atoms with E-state index < -0.39 is 5.91 Å². The minimum Gasteiger partial charge on any atom is -0.355 e. The SMILES string of the molecule is CCNC(=O)CNC(=O)c1ccccc1C(=O)c1ccccc1. The van der Waals surface area contributed by atoms with Crippen LogP contribution in [0.4, 0.5) is 0 Å². The van der Waals surface area contributed by atoms with Gasteiger partial charge in [0.15, 0.2) is 5.78 Å². The quantitative estimate of drug-likeness (QED) is 0.799. The number of carbonyl (C=O) groups excluding carboxylic acids is 3. The molecule has 2 rings (SSSR count). The highest BCUT2D eigenvalue weighted by atomic mass is 16.2. The first-order valence-corrected chi connectivity index (χ1v) is 7.37. The molecular weight excluding hydrogens is 292 g/mol. The molecule has 0 fully saturated rings. The van der Waals surface area contributed by atoms with Crippen molar-refractivity contribution < 1.29 is 14.4 Å². The molecule has 2 aromatic carbocycles. The van der Waals surface area contributed by atoms with E-state index in [1.807, 2.05) is 6.07 Å². The summed E-state index contributed by atoms with van der Waals surface area (Å²) in [5.74, 6) is -0.946. The van der Waals surface area contributed by atoms with Gasteiger partial charge in [0.25, 0.3) is 5.91 Å². The van der Waals surface area contributed by atoms with Gasteiger partial charge in [-0.15, -0.1) is 0 Å². The average molecular weight is 310 g/mol. The summed E-state index contributed by atoms with van der Waals surface area (Å²) in [4.78, 5) is 36.2. The van der Waals surface area contributed by atoms with E-state index in [-0.39, 0.29) is 23.8 Å². The molecule has 0 aliphatic carbocycles. The zero-order chi connectivity index (χ0) is 16.7. The third-order valence-corrected chi connectivity index (χ3v) is 3.24. The highest BCUT2D eigenvalue weighted by molar-refractivity contribution is 6.15. The van der Waals surface area contributed by atoms with Crippen molar-refractivity contribution in [2.24, 2.45) is 0 Å². The van der Waals surface area contributed by atoms with E-state index >= 15 is 0 Å². The first-order chi connectivity index (χ1) is 11.1. The maximum absolute atomic E-state index is 12.6. The lowest BCUT2D eigenvalue weighted by atomic mass is 9.98. The monoisotopic (exact) mass is 310 g/mol. The van der Waals surface area contributed by atoms with Gasteiger partial charge in [-0.05, 0) is 13.0 Å². The standard InChI is InChI=1S/C18H18N2O3/c1-2-19-16(21)12-20-18(23)15-11-7-6-10-14(15)17(22)13-8-4-3-5-9-13/h3-11H,2,12H2,1H3,(H,19,21)(H,20,23). The molecule has 118 valence electrons. The summed E-state index contributed by atoms with van der Waals surface area (Å²) in [6, 6.07) is 15.3. The van der Waals surface area contributed by atoms with Gasteiger partial charge in [0.2, 0.25) is 5.91 Å². The van der Waals surface area contributed by atoms with E-state index in [2.05, 4.69) is 10.6 Å². The molecule has 0 saturated carbocycles. The minimum atomic E-state index is -0.448. The van der Waals surface area contributed by atoms with E-state index in [1.165, 1.54) is 0 Å². The fraction of sp³-hybridized carbons (Fsp3) is 0.167. The fourth-order valence-corrected chi connectivity index (χ4v) is 2.14. The maximum Gasteiger partial charge on any atom is 0.252 e. The molecule has 0 aromatic heterocycles. The van der Waals surface area contributed by atoms with Crippen molar-refractivity contribution in [3.05, 3.63) is 71.3 Å². The number of hydrogen-bond acceptors (Lipinski definition) is 3. The molecule has 5 heteroatoms. The number of amides is 2. The highest BCUT2D eigenvalue weighted by Gasteiger charge is 2.18. The summed E-state index contributed by atoms with van der Waals surface area (Å²) in [6.45, 7) is 2.17. The molecule has 0 aliphatic heterocycles. The summed E-state index contributed by atoms with van der Waals surface area (Å²) >= 11 is 0. The van der Waals surface area contributed by atoms with Gasteiger partial charge in [0, 0.05) is 17.7 Å². The van der Waals surface area contributed by atoms with Crippen molar-refractivity contribution in [2.45, 2.75) is 6.92 Å². The Balaban J connectivity index is 2.19. The van der Waals surface area contributed by atoms with E-state index in [0.29, 0.717) is 17.7 Å². The number of likely N-dealkylation sites (N-methyl/N-ethyl adjacent to an activating group) is 1. The van der Waals surface area contributed by atoms with Crippen molar-refractivity contribution >= 4 is 17.6 Å². The third kappa shape index (κ3) is 4.26. The Bertz CT molecular complexity index is 711. The third-order valence-electron chi connectivity index (χ3n) is 3.24. The van der Waals surface area contributed by atoms with Crippen molar-refractivity contribution in [3.63, 3.8) is 0 Å². The van der Waals surface area contributed by atoms with Gasteiger partial charge in [0.1, 0.15) is 0 Å². The first-order valence-electron chi connectivity index (χ1n) is 7.37. The van der Waals surface area contributed by atoms with Crippen molar-refractivity contribution in [1.29, 1.82) is 0 Å². The smallest absolute Gasteiger partial charge is 0.252 e. The summed E-state index contributed by atoms with van der Waals surface area (Å²) in [5.41, 5.74) is 1.08. The second kappa shape index (κ2) is 7.89. The van der Waals surface area contributed by atoms with Crippen LogP contribution in [0.25, 0.3) is 0 Å². The second-order valence-corrected chi connectivity index (χ2v) is 4.88. The number of ketones is 1. The molecule has 0 radical (unpaired) electrons. The van der Waals surface area contributed by atoms with Crippen LogP contribution in [-0.2, 0) is 4.79 Å². The van der Waals surface area contributed by atoms with Crippen LogP contribution in [-0.4, -0.2) is 30.7 Å². The van der Waals surface area contributed by atoms with Crippen LogP contribution in [0, 0.1) is 0 Å². The summed E-state index contributed by atoms with van der Waals surface area (Å²) < 4.78 is 0. The predicted molar refractivity (Wildman–Crippen MR) is 87.3 cm³/mol. The van der Waals surface area contributed by atoms with Gasteiger partial charge in [-0.3, -0.25) is 14.4 Å². The number of nitrogens with one attached hydrogen (secondary N) is 2. The molecule has 0 spiro atoms.